The molecule has 22 heavy (non-hydrogen) atoms. The highest BCUT2D eigenvalue weighted by molar-refractivity contribution is 6.33. The van der Waals surface area contributed by atoms with E-state index in [4.69, 9.17) is 11.6 Å². The van der Waals surface area contributed by atoms with E-state index in [9.17, 15) is 18.0 Å². The smallest absolute Gasteiger partial charge is 0.285 e. The van der Waals surface area contributed by atoms with Crippen LogP contribution in [0.5, 0.6) is 0 Å². The molecule has 0 fully saturated rings. The summed E-state index contributed by atoms with van der Waals surface area (Å²) in [5, 5.41) is 7.12. The van der Waals surface area contributed by atoms with E-state index in [0.29, 0.717) is 5.56 Å². The average molecular weight is 326 g/mol. The Labute approximate surface area is 127 Å². The maximum Gasteiger partial charge on any atom is 0.417 e. The standard InChI is InChI=1S/C14H7ClF3N3O/c15-10-6-9(14(16,17)18)7-21-12(10)19-20-13(21)11(22)8-4-2-1-3-5-8/h1-7H. The fraction of sp³-hybridized carbons (Fsp3) is 0.0714. The zero-order valence-electron chi connectivity index (χ0n) is 10.8. The molecule has 0 amide bonds. The zero-order valence-corrected chi connectivity index (χ0v) is 11.6. The van der Waals surface area contributed by atoms with Gasteiger partial charge in [0.25, 0.3) is 0 Å². The van der Waals surface area contributed by atoms with E-state index >= 15 is 0 Å². The molecular weight excluding hydrogens is 319 g/mol. The van der Waals surface area contributed by atoms with Crippen LogP contribution in [0.3, 0.4) is 0 Å². The first-order valence-electron chi connectivity index (χ1n) is 6.09. The highest BCUT2D eigenvalue weighted by Gasteiger charge is 2.32. The Morgan fingerprint density at radius 1 is 1.14 bits per heavy atom. The minimum Gasteiger partial charge on any atom is -0.285 e. The summed E-state index contributed by atoms with van der Waals surface area (Å²) in [5.74, 6) is -0.766. The molecule has 3 rings (SSSR count). The molecular formula is C14H7ClF3N3O. The Bertz CT molecular complexity index is 859. The van der Waals surface area contributed by atoms with Crippen molar-refractivity contribution in [3.05, 3.63) is 64.6 Å². The summed E-state index contributed by atoms with van der Waals surface area (Å²) in [6.45, 7) is 0. The molecule has 1 aromatic carbocycles. The monoisotopic (exact) mass is 325 g/mol. The number of alkyl halides is 3. The van der Waals surface area contributed by atoms with E-state index in [1.54, 1.807) is 30.3 Å². The number of ketones is 1. The van der Waals surface area contributed by atoms with Crippen LogP contribution in [0.15, 0.2) is 42.6 Å². The summed E-state index contributed by atoms with van der Waals surface area (Å²) in [5.41, 5.74) is -0.689. The van der Waals surface area contributed by atoms with Gasteiger partial charge in [0.2, 0.25) is 11.6 Å². The van der Waals surface area contributed by atoms with Crippen LogP contribution in [0.25, 0.3) is 5.65 Å². The Morgan fingerprint density at radius 3 is 2.45 bits per heavy atom. The van der Waals surface area contributed by atoms with Gasteiger partial charge in [-0.3, -0.25) is 9.20 Å². The number of aromatic nitrogens is 3. The van der Waals surface area contributed by atoms with Crippen LogP contribution in [0.4, 0.5) is 13.2 Å². The first-order valence-corrected chi connectivity index (χ1v) is 6.47. The first-order chi connectivity index (χ1) is 10.4. The molecule has 4 nitrogen and oxygen atoms in total. The second kappa shape index (κ2) is 5.10. The van der Waals surface area contributed by atoms with E-state index in [1.807, 2.05) is 0 Å². The lowest BCUT2D eigenvalue weighted by molar-refractivity contribution is -0.137. The highest BCUT2D eigenvalue weighted by atomic mass is 35.5. The van der Waals surface area contributed by atoms with Crippen molar-refractivity contribution in [3.8, 4) is 0 Å². The van der Waals surface area contributed by atoms with Gasteiger partial charge in [0.15, 0.2) is 5.65 Å². The van der Waals surface area contributed by atoms with Crippen LogP contribution in [-0.4, -0.2) is 20.4 Å². The fourth-order valence-corrected chi connectivity index (χ4v) is 2.23. The van der Waals surface area contributed by atoms with Crippen molar-refractivity contribution in [1.82, 2.24) is 14.6 Å². The lowest BCUT2D eigenvalue weighted by atomic mass is 10.1. The van der Waals surface area contributed by atoms with E-state index in [1.165, 1.54) is 0 Å². The molecule has 0 saturated carbocycles. The molecule has 0 aliphatic rings. The predicted octanol–water partition coefficient (Wildman–Crippen LogP) is 3.63. The van der Waals surface area contributed by atoms with Gasteiger partial charge in [-0.2, -0.15) is 13.2 Å². The van der Waals surface area contributed by atoms with Gasteiger partial charge in [-0.05, 0) is 6.07 Å². The SMILES string of the molecule is O=C(c1ccccc1)c1nnc2c(Cl)cc(C(F)(F)F)cn12. The second-order valence-corrected chi connectivity index (χ2v) is 4.89. The Balaban J connectivity index is 2.19. The molecule has 0 atom stereocenters. The summed E-state index contributed by atoms with van der Waals surface area (Å²) in [4.78, 5) is 12.3. The van der Waals surface area contributed by atoms with Crippen LogP contribution in [-0.2, 0) is 6.18 Å². The summed E-state index contributed by atoms with van der Waals surface area (Å²) < 4.78 is 39.5. The number of carbonyl (C=O) groups excluding carboxylic acids is 1. The van der Waals surface area contributed by atoms with E-state index < -0.39 is 17.5 Å². The fourth-order valence-electron chi connectivity index (χ4n) is 1.98. The molecule has 8 heteroatoms. The quantitative estimate of drug-likeness (QED) is 0.676. The third-order valence-corrected chi connectivity index (χ3v) is 3.30. The summed E-state index contributed by atoms with van der Waals surface area (Å²) >= 11 is 5.80. The van der Waals surface area contributed by atoms with Gasteiger partial charge in [0, 0.05) is 11.8 Å². The number of fused-ring (bicyclic) bond motifs is 1. The maximum atomic E-state index is 12.9. The first kappa shape index (κ1) is 14.5. The molecule has 0 spiro atoms. The molecule has 2 aromatic heterocycles. The van der Waals surface area contributed by atoms with Gasteiger partial charge >= 0.3 is 6.18 Å². The number of halogens is 4. The Morgan fingerprint density at radius 2 is 1.82 bits per heavy atom. The highest BCUT2D eigenvalue weighted by Crippen LogP contribution is 2.32. The third kappa shape index (κ3) is 2.43. The molecule has 3 aromatic rings. The topological polar surface area (TPSA) is 47.3 Å². The van der Waals surface area contributed by atoms with Crippen LogP contribution in [0, 0.1) is 0 Å². The number of rotatable bonds is 2. The number of nitrogens with zero attached hydrogens (tertiary/aromatic N) is 3. The van der Waals surface area contributed by atoms with Gasteiger partial charge in [-0.15, -0.1) is 10.2 Å². The Kier molecular flexibility index (Phi) is 3.37. The molecule has 0 saturated heterocycles. The minimum atomic E-state index is -4.59. The largest absolute Gasteiger partial charge is 0.417 e. The van der Waals surface area contributed by atoms with Gasteiger partial charge in [-0.1, -0.05) is 41.9 Å². The Hall–Kier alpha value is -2.41. The van der Waals surface area contributed by atoms with Crippen molar-refractivity contribution < 1.29 is 18.0 Å². The number of carbonyl (C=O) groups is 1. The summed E-state index contributed by atoms with van der Waals surface area (Å²) in [6, 6.07) is 8.84. The second-order valence-electron chi connectivity index (χ2n) is 4.49. The van der Waals surface area contributed by atoms with E-state index in [-0.39, 0.29) is 16.5 Å². The van der Waals surface area contributed by atoms with Crippen LogP contribution < -0.4 is 0 Å². The van der Waals surface area contributed by atoms with Crippen molar-refractivity contribution in [1.29, 1.82) is 0 Å². The van der Waals surface area contributed by atoms with Gasteiger partial charge in [0.1, 0.15) is 0 Å². The molecule has 0 radical (unpaired) electrons. The number of pyridine rings is 1. The van der Waals surface area contributed by atoms with Crippen LogP contribution in [0.1, 0.15) is 21.7 Å². The third-order valence-electron chi connectivity index (χ3n) is 3.03. The molecule has 0 unspecified atom stereocenters. The molecule has 112 valence electrons. The van der Waals surface area contributed by atoms with E-state index in [0.717, 1.165) is 16.7 Å². The summed E-state index contributed by atoms with van der Waals surface area (Å²) in [7, 11) is 0. The van der Waals surface area contributed by atoms with Crippen molar-refractivity contribution in [2.24, 2.45) is 0 Å². The van der Waals surface area contributed by atoms with Crippen molar-refractivity contribution in [2.45, 2.75) is 6.18 Å². The van der Waals surface area contributed by atoms with Gasteiger partial charge < -0.3 is 0 Å². The summed E-state index contributed by atoms with van der Waals surface area (Å²) in [6.07, 6.45) is -3.83. The molecule has 2 heterocycles. The zero-order chi connectivity index (χ0) is 15.9. The number of benzene rings is 1. The van der Waals surface area contributed by atoms with Crippen LogP contribution >= 0.6 is 11.6 Å². The lowest BCUT2D eigenvalue weighted by Crippen LogP contribution is -2.10. The maximum absolute atomic E-state index is 12.9. The number of hydrogen-bond acceptors (Lipinski definition) is 3. The minimum absolute atomic E-state index is 0.00560. The van der Waals surface area contributed by atoms with Crippen molar-refractivity contribution in [3.63, 3.8) is 0 Å². The van der Waals surface area contributed by atoms with Crippen LogP contribution in [0.2, 0.25) is 5.02 Å². The lowest BCUT2D eigenvalue weighted by Gasteiger charge is -2.08. The molecule has 0 aliphatic heterocycles. The molecule has 0 bridgehead atoms. The average Bonchev–Trinajstić information content (AvgIpc) is 2.91. The van der Waals surface area contributed by atoms with Gasteiger partial charge in [0.05, 0.1) is 10.6 Å². The molecule has 0 aliphatic carbocycles. The van der Waals surface area contributed by atoms with Gasteiger partial charge in [-0.25, -0.2) is 0 Å². The predicted molar refractivity (Wildman–Crippen MR) is 72.9 cm³/mol. The van der Waals surface area contributed by atoms with Crippen molar-refractivity contribution in [2.75, 3.05) is 0 Å². The molecule has 0 N–H and O–H groups in total. The number of hydrogen-bond donors (Lipinski definition) is 0. The van der Waals surface area contributed by atoms with E-state index in [2.05, 4.69) is 10.2 Å². The van der Waals surface area contributed by atoms with Crippen molar-refractivity contribution >= 4 is 23.0 Å². The normalized spacial score (nSPS) is 11.8.